The molecule has 2 N–H and O–H groups in total. The van der Waals surface area contributed by atoms with E-state index in [1.54, 1.807) is 0 Å². The molecule has 16 heavy (non-hydrogen) atoms. The molecule has 3 unspecified atom stereocenters. The summed E-state index contributed by atoms with van der Waals surface area (Å²) in [5, 5.41) is 6.89. The van der Waals surface area contributed by atoms with Crippen molar-refractivity contribution < 1.29 is 4.79 Å². The zero-order valence-corrected chi connectivity index (χ0v) is 10.1. The van der Waals surface area contributed by atoms with Crippen LogP contribution in [0.3, 0.4) is 0 Å². The van der Waals surface area contributed by atoms with E-state index < -0.39 is 0 Å². The molecule has 1 aliphatic carbocycles. The van der Waals surface area contributed by atoms with Gasteiger partial charge in [-0.1, -0.05) is 22.9 Å². The summed E-state index contributed by atoms with van der Waals surface area (Å²) >= 11 is 6.97. The molecule has 0 aromatic carbocycles. The Morgan fingerprint density at radius 2 is 2.50 bits per heavy atom. The number of fused-ring (bicyclic) bond motifs is 2. The summed E-state index contributed by atoms with van der Waals surface area (Å²) in [6, 6.07) is 0.707. The van der Waals surface area contributed by atoms with Crippen LogP contribution in [0, 0.1) is 5.92 Å². The number of amides is 1. The quantitative estimate of drug-likeness (QED) is 0.839. The molecule has 4 nitrogen and oxygen atoms in total. The van der Waals surface area contributed by atoms with Crippen LogP contribution in [0.2, 0.25) is 4.34 Å². The Balaban J connectivity index is 1.65. The molecule has 86 valence electrons. The molecular formula is C10H12ClN3OS. The summed E-state index contributed by atoms with van der Waals surface area (Å²) in [5.41, 5.74) is 0. The zero-order valence-electron chi connectivity index (χ0n) is 8.57. The molecule has 1 saturated heterocycles. The lowest BCUT2D eigenvalue weighted by Crippen LogP contribution is -2.47. The fourth-order valence-corrected chi connectivity index (χ4v) is 3.42. The van der Waals surface area contributed by atoms with Crippen molar-refractivity contribution in [1.29, 1.82) is 0 Å². The molecule has 6 heteroatoms. The van der Waals surface area contributed by atoms with Crippen LogP contribution in [-0.2, 0) is 0 Å². The van der Waals surface area contributed by atoms with Crippen LogP contribution in [0.5, 0.6) is 0 Å². The molecule has 1 aromatic rings. The van der Waals surface area contributed by atoms with Gasteiger partial charge in [-0.15, -0.1) is 0 Å². The molecule has 1 amide bonds. The van der Waals surface area contributed by atoms with Crippen molar-refractivity contribution in [2.45, 2.75) is 24.9 Å². The molecule has 2 fully saturated rings. The first-order valence-electron chi connectivity index (χ1n) is 5.38. The summed E-state index contributed by atoms with van der Waals surface area (Å²) in [6.07, 6.45) is 3.78. The van der Waals surface area contributed by atoms with Gasteiger partial charge in [0.15, 0.2) is 5.01 Å². The van der Waals surface area contributed by atoms with Gasteiger partial charge in [-0.25, -0.2) is 4.98 Å². The third kappa shape index (κ3) is 1.83. The normalized spacial score (nSPS) is 31.9. The van der Waals surface area contributed by atoms with Gasteiger partial charge in [-0.2, -0.15) is 0 Å². The first-order valence-corrected chi connectivity index (χ1v) is 6.57. The van der Waals surface area contributed by atoms with Gasteiger partial charge in [0.05, 0.1) is 6.20 Å². The van der Waals surface area contributed by atoms with Gasteiger partial charge in [0.1, 0.15) is 4.34 Å². The van der Waals surface area contributed by atoms with E-state index in [1.807, 2.05) is 0 Å². The van der Waals surface area contributed by atoms with Crippen molar-refractivity contribution in [3.05, 3.63) is 15.5 Å². The van der Waals surface area contributed by atoms with Crippen molar-refractivity contribution >= 4 is 28.8 Å². The minimum atomic E-state index is -0.101. The van der Waals surface area contributed by atoms with Crippen LogP contribution < -0.4 is 10.6 Å². The lowest BCUT2D eigenvalue weighted by molar-refractivity contribution is 0.0928. The third-order valence-electron chi connectivity index (χ3n) is 3.32. The summed E-state index contributed by atoms with van der Waals surface area (Å²) in [5.74, 6) is 0.631. The van der Waals surface area contributed by atoms with Gasteiger partial charge >= 0.3 is 0 Å². The van der Waals surface area contributed by atoms with E-state index in [9.17, 15) is 4.79 Å². The number of carbonyl (C=O) groups is 1. The maximum Gasteiger partial charge on any atom is 0.280 e. The molecule has 2 aliphatic rings. The van der Waals surface area contributed by atoms with Crippen molar-refractivity contribution in [2.75, 3.05) is 6.54 Å². The lowest BCUT2D eigenvalue weighted by Gasteiger charge is -2.23. The average Bonchev–Trinajstić information content (AvgIpc) is 2.92. The Labute approximate surface area is 102 Å². The number of aromatic nitrogens is 1. The van der Waals surface area contributed by atoms with Gasteiger partial charge < -0.3 is 10.6 Å². The van der Waals surface area contributed by atoms with Crippen molar-refractivity contribution in [1.82, 2.24) is 15.6 Å². The fraction of sp³-hybridized carbons (Fsp3) is 0.600. The number of nitrogens with zero attached hydrogens (tertiary/aromatic N) is 1. The molecule has 0 radical (unpaired) electrons. The van der Waals surface area contributed by atoms with Gasteiger partial charge in [0.25, 0.3) is 5.91 Å². The highest BCUT2D eigenvalue weighted by molar-refractivity contribution is 7.17. The van der Waals surface area contributed by atoms with E-state index in [4.69, 9.17) is 11.6 Å². The van der Waals surface area contributed by atoms with Crippen LogP contribution >= 0.6 is 22.9 Å². The Bertz CT molecular complexity index is 422. The van der Waals surface area contributed by atoms with Crippen molar-refractivity contribution in [3.63, 3.8) is 0 Å². The number of halogens is 1. The van der Waals surface area contributed by atoms with E-state index in [0.717, 1.165) is 18.9 Å². The van der Waals surface area contributed by atoms with Crippen molar-refractivity contribution in [3.8, 4) is 0 Å². The van der Waals surface area contributed by atoms with Gasteiger partial charge in [-0.05, 0) is 25.3 Å². The Kier molecular flexibility index (Phi) is 2.61. The molecule has 2 heterocycles. The molecule has 1 aromatic heterocycles. The van der Waals surface area contributed by atoms with E-state index in [1.165, 1.54) is 24.0 Å². The highest BCUT2D eigenvalue weighted by atomic mass is 35.5. The number of nitrogens with one attached hydrogen (secondary N) is 2. The number of hydrogen-bond donors (Lipinski definition) is 2. The zero-order chi connectivity index (χ0) is 11.1. The van der Waals surface area contributed by atoms with Gasteiger partial charge in [0, 0.05) is 12.1 Å². The van der Waals surface area contributed by atoms with E-state index >= 15 is 0 Å². The Hall–Kier alpha value is -0.650. The van der Waals surface area contributed by atoms with Gasteiger partial charge in [0.2, 0.25) is 0 Å². The first kappa shape index (κ1) is 10.5. The van der Waals surface area contributed by atoms with Crippen LogP contribution in [0.4, 0.5) is 0 Å². The minimum Gasteiger partial charge on any atom is -0.346 e. The van der Waals surface area contributed by atoms with E-state index in [0.29, 0.717) is 15.4 Å². The predicted octanol–water partition coefficient (Wildman–Crippen LogP) is 1.28. The second kappa shape index (κ2) is 3.98. The number of thiazole rings is 1. The third-order valence-corrected chi connectivity index (χ3v) is 4.43. The molecule has 3 atom stereocenters. The maximum atomic E-state index is 11.8. The summed E-state index contributed by atoms with van der Waals surface area (Å²) < 4.78 is 0.552. The van der Waals surface area contributed by atoms with E-state index in [2.05, 4.69) is 15.6 Å². The smallest absolute Gasteiger partial charge is 0.280 e. The predicted molar refractivity (Wildman–Crippen MR) is 62.9 cm³/mol. The van der Waals surface area contributed by atoms with E-state index in [-0.39, 0.29) is 11.9 Å². The highest BCUT2D eigenvalue weighted by Crippen LogP contribution is 2.31. The molecule has 3 rings (SSSR count). The average molecular weight is 258 g/mol. The van der Waals surface area contributed by atoms with Gasteiger partial charge in [-0.3, -0.25) is 4.79 Å². The molecule has 1 saturated carbocycles. The summed E-state index contributed by atoms with van der Waals surface area (Å²) in [6.45, 7) is 1.10. The first-order chi connectivity index (χ1) is 7.72. The lowest BCUT2D eigenvalue weighted by atomic mass is 10.1. The largest absolute Gasteiger partial charge is 0.346 e. The number of rotatable bonds is 2. The number of hydrogen-bond acceptors (Lipinski definition) is 4. The Morgan fingerprint density at radius 3 is 3.06 bits per heavy atom. The second-order valence-corrected chi connectivity index (χ2v) is 6.06. The van der Waals surface area contributed by atoms with Crippen LogP contribution in [0.1, 0.15) is 22.6 Å². The van der Waals surface area contributed by atoms with Crippen LogP contribution in [0.25, 0.3) is 0 Å². The Morgan fingerprint density at radius 1 is 1.62 bits per heavy atom. The molecule has 0 spiro atoms. The monoisotopic (exact) mass is 257 g/mol. The maximum absolute atomic E-state index is 11.8. The molecule has 2 bridgehead atoms. The standard InChI is InChI=1S/C10H12ClN3OS/c11-8-4-13-10(16-8)9(15)14-7-2-5-1-6(7)12-3-5/h4-7,12H,1-3H2,(H,14,15). The summed E-state index contributed by atoms with van der Waals surface area (Å²) in [7, 11) is 0. The SMILES string of the molecule is O=C(NC1CC2CNC1C2)c1ncc(Cl)s1. The second-order valence-electron chi connectivity index (χ2n) is 4.40. The topological polar surface area (TPSA) is 54.0 Å². The van der Waals surface area contributed by atoms with Crippen LogP contribution in [0.15, 0.2) is 6.20 Å². The number of carbonyl (C=O) groups excluding carboxylic acids is 1. The fourth-order valence-electron chi connectivity index (χ4n) is 2.60. The van der Waals surface area contributed by atoms with Crippen molar-refractivity contribution in [2.24, 2.45) is 5.92 Å². The number of piperidine rings is 1. The molecular weight excluding hydrogens is 246 g/mol. The molecule has 1 aliphatic heterocycles. The summed E-state index contributed by atoms with van der Waals surface area (Å²) in [4.78, 5) is 15.8. The van der Waals surface area contributed by atoms with Crippen LogP contribution in [-0.4, -0.2) is 29.5 Å². The minimum absolute atomic E-state index is 0.101. The highest BCUT2D eigenvalue weighted by Gasteiger charge is 2.40.